The molecule has 0 aromatic heterocycles. The monoisotopic (exact) mass is 286 g/mol. The van der Waals surface area contributed by atoms with Crippen LogP contribution in [-0.2, 0) is 19.1 Å². The van der Waals surface area contributed by atoms with E-state index in [0.29, 0.717) is 38.9 Å². The van der Waals surface area contributed by atoms with E-state index < -0.39 is 13.5 Å². The van der Waals surface area contributed by atoms with Crippen molar-refractivity contribution in [1.82, 2.24) is 0 Å². The maximum absolute atomic E-state index is 12.0. The molecule has 0 bridgehead atoms. The molecule has 0 atom stereocenters. The third-order valence-corrected chi connectivity index (χ3v) is 5.46. The maximum Gasteiger partial charge on any atom is 0.314 e. The molecule has 1 aliphatic rings. The first-order valence-electron chi connectivity index (χ1n) is 6.97. The highest BCUT2D eigenvalue weighted by atomic mass is 28.3. The lowest BCUT2D eigenvalue weighted by Crippen LogP contribution is -2.41. The van der Waals surface area contributed by atoms with Gasteiger partial charge in [-0.05, 0) is 18.9 Å². The van der Waals surface area contributed by atoms with Gasteiger partial charge in [-0.3, -0.25) is 9.59 Å². The van der Waals surface area contributed by atoms with Crippen LogP contribution >= 0.6 is 0 Å². The smallest absolute Gasteiger partial charge is 0.314 e. The number of rotatable bonds is 6. The quantitative estimate of drug-likeness (QED) is 0.428. The van der Waals surface area contributed by atoms with E-state index >= 15 is 0 Å². The summed E-state index contributed by atoms with van der Waals surface area (Å²) >= 11 is 0. The van der Waals surface area contributed by atoms with Gasteiger partial charge in [0.1, 0.15) is 5.78 Å². The van der Waals surface area contributed by atoms with E-state index in [1.807, 2.05) is 0 Å². The van der Waals surface area contributed by atoms with Crippen molar-refractivity contribution in [2.75, 3.05) is 20.3 Å². The van der Waals surface area contributed by atoms with E-state index in [-0.39, 0.29) is 11.8 Å². The molecular formula is C14H26O4Si. The van der Waals surface area contributed by atoms with Crippen LogP contribution in [-0.4, -0.2) is 40.1 Å². The standard InChI is InChI=1S/C14H26O4Si/c1-17-13(16)14(7-5-12(15)6-8-14)11-18-9-10-19(2,3)4/h5-11H2,1-4H3. The lowest BCUT2D eigenvalue weighted by atomic mass is 9.74. The highest BCUT2D eigenvalue weighted by Crippen LogP contribution is 2.36. The number of hydrogen-bond acceptors (Lipinski definition) is 4. The topological polar surface area (TPSA) is 52.6 Å². The lowest BCUT2D eigenvalue weighted by Gasteiger charge is -2.33. The van der Waals surface area contributed by atoms with Gasteiger partial charge in [0.25, 0.3) is 0 Å². The van der Waals surface area contributed by atoms with E-state index in [1.54, 1.807) is 0 Å². The van der Waals surface area contributed by atoms with Crippen molar-refractivity contribution >= 4 is 19.8 Å². The zero-order chi connectivity index (χ0) is 14.5. The molecule has 0 aliphatic heterocycles. The van der Waals surface area contributed by atoms with Crippen LogP contribution in [0.3, 0.4) is 0 Å². The largest absolute Gasteiger partial charge is 0.469 e. The van der Waals surface area contributed by atoms with Crippen LogP contribution < -0.4 is 0 Å². The molecule has 0 saturated heterocycles. The molecule has 4 nitrogen and oxygen atoms in total. The van der Waals surface area contributed by atoms with E-state index in [0.717, 1.165) is 6.04 Å². The first-order chi connectivity index (χ1) is 8.79. The number of ketones is 1. The van der Waals surface area contributed by atoms with Crippen LogP contribution in [0.5, 0.6) is 0 Å². The van der Waals surface area contributed by atoms with Gasteiger partial charge in [-0.1, -0.05) is 19.6 Å². The molecule has 5 heteroatoms. The zero-order valence-electron chi connectivity index (χ0n) is 12.6. The molecule has 0 N–H and O–H groups in total. The molecular weight excluding hydrogens is 260 g/mol. The molecule has 1 saturated carbocycles. The summed E-state index contributed by atoms with van der Waals surface area (Å²) < 4.78 is 10.6. The second-order valence-corrected chi connectivity index (χ2v) is 12.3. The molecule has 0 aromatic rings. The Bertz CT molecular complexity index is 323. The Kier molecular flexibility index (Phi) is 5.74. The Balaban J connectivity index is 2.52. The van der Waals surface area contributed by atoms with Crippen LogP contribution in [0.2, 0.25) is 25.7 Å². The molecule has 110 valence electrons. The minimum absolute atomic E-state index is 0.229. The summed E-state index contributed by atoms with van der Waals surface area (Å²) in [5.74, 6) is 0.00892. The van der Waals surface area contributed by atoms with Gasteiger partial charge < -0.3 is 9.47 Å². The number of carbonyl (C=O) groups is 2. The molecule has 0 amide bonds. The van der Waals surface area contributed by atoms with Crippen LogP contribution in [0.1, 0.15) is 25.7 Å². The average Bonchev–Trinajstić information content (AvgIpc) is 2.35. The second-order valence-electron chi connectivity index (χ2n) is 6.67. The summed E-state index contributed by atoms with van der Waals surface area (Å²) in [5, 5.41) is 0. The highest BCUT2D eigenvalue weighted by Gasteiger charge is 2.42. The fourth-order valence-corrected chi connectivity index (χ4v) is 3.03. The summed E-state index contributed by atoms with van der Waals surface area (Å²) in [7, 11) is 0.295. The van der Waals surface area contributed by atoms with Crippen LogP contribution in [0.15, 0.2) is 0 Å². The summed E-state index contributed by atoms with van der Waals surface area (Å²) in [6.07, 6.45) is 2.05. The van der Waals surface area contributed by atoms with Crippen molar-refractivity contribution < 1.29 is 19.1 Å². The van der Waals surface area contributed by atoms with Gasteiger partial charge in [-0.25, -0.2) is 0 Å². The van der Waals surface area contributed by atoms with E-state index in [9.17, 15) is 9.59 Å². The number of esters is 1. The molecule has 0 spiro atoms. The van der Waals surface area contributed by atoms with Crippen molar-refractivity contribution in [1.29, 1.82) is 0 Å². The minimum Gasteiger partial charge on any atom is -0.469 e. The van der Waals surface area contributed by atoms with Crippen molar-refractivity contribution in [3.05, 3.63) is 0 Å². The van der Waals surface area contributed by atoms with Crippen LogP contribution in [0, 0.1) is 5.41 Å². The number of carbonyl (C=O) groups excluding carboxylic acids is 2. The van der Waals surface area contributed by atoms with Gasteiger partial charge in [0, 0.05) is 27.5 Å². The summed E-state index contributed by atoms with van der Waals surface area (Å²) in [6, 6.07) is 1.09. The second kappa shape index (κ2) is 6.66. The summed E-state index contributed by atoms with van der Waals surface area (Å²) in [5.41, 5.74) is -0.595. The van der Waals surface area contributed by atoms with Gasteiger partial charge in [0.05, 0.1) is 19.1 Å². The first kappa shape index (κ1) is 16.4. The van der Waals surface area contributed by atoms with E-state index in [2.05, 4.69) is 19.6 Å². The molecule has 1 aliphatic carbocycles. The fraction of sp³-hybridized carbons (Fsp3) is 0.857. The first-order valence-corrected chi connectivity index (χ1v) is 10.7. The molecule has 0 unspecified atom stereocenters. The van der Waals surface area contributed by atoms with Gasteiger partial charge in [-0.2, -0.15) is 0 Å². The Morgan fingerprint density at radius 2 is 1.84 bits per heavy atom. The zero-order valence-corrected chi connectivity index (χ0v) is 13.6. The van der Waals surface area contributed by atoms with Crippen molar-refractivity contribution in [2.24, 2.45) is 5.41 Å². The third-order valence-electron chi connectivity index (χ3n) is 3.76. The maximum atomic E-state index is 12.0. The van der Waals surface area contributed by atoms with Gasteiger partial charge in [0.2, 0.25) is 0 Å². The average molecular weight is 286 g/mol. The SMILES string of the molecule is COC(=O)C1(COCC[Si](C)(C)C)CCC(=O)CC1. The predicted octanol–water partition coefficient (Wildman–Crippen LogP) is 2.64. The molecule has 1 rings (SSSR count). The Labute approximate surface area is 116 Å². The fourth-order valence-electron chi connectivity index (χ4n) is 2.28. The number of hydrogen-bond donors (Lipinski definition) is 0. The van der Waals surface area contributed by atoms with Crippen molar-refractivity contribution in [3.63, 3.8) is 0 Å². The molecule has 0 heterocycles. The van der Waals surface area contributed by atoms with Crippen LogP contribution in [0.25, 0.3) is 0 Å². The van der Waals surface area contributed by atoms with Crippen molar-refractivity contribution in [2.45, 2.75) is 51.4 Å². The Morgan fingerprint density at radius 1 is 1.26 bits per heavy atom. The number of methoxy groups -OCH3 is 1. The third kappa shape index (κ3) is 5.07. The van der Waals surface area contributed by atoms with Gasteiger partial charge in [-0.15, -0.1) is 0 Å². The van der Waals surface area contributed by atoms with Gasteiger partial charge in [0.15, 0.2) is 0 Å². The lowest BCUT2D eigenvalue weighted by molar-refractivity contribution is -0.160. The molecule has 0 radical (unpaired) electrons. The Hall–Kier alpha value is -0.683. The van der Waals surface area contributed by atoms with Crippen LogP contribution in [0.4, 0.5) is 0 Å². The summed E-state index contributed by atoms with van der Waals surface area (Å²) in [6.45, 7) is 7.98. The van der Waals surface area contributed by atoms with E-state index in [4.69, 9.17) is 9.47 Å². The van der Waals surface area contributed by atoms with E-state index in [1.165, 1.54) is 7.11 Å². The number of Topliss-reactive ketones (excluding diaryl/α,β-unsaturated/α-hetero) is 1. The van der Waals surface area contributed by atoms with Crippen molar-refractivity contribution in [3.8, 4) is 0 Å². The minimum atomic E-state index is -1.11. The number of ether oxygens (including phenoxy) is 2. The van der Waals surface area contributed by atoms with Gasteiger partial charge >= 0.3 is 5.97 Å². The normalized spacial score (nSPS) is 19.3. The molecule has 1 fully saturated rings. The molecule has 0 aromatic carbocycles. The summed E-state index contributed by atoms with van der Waals surface area (Å²) in [4.78, 5) is 23.3. The Morgan fingerprint density at radius 3 is 2.32 bits per heavy atom. The molecule has 19 heavy (non-hydrogen) atoms. The predicted molar refractivity (Wildman–Crippen MR) is 76.9 cm³/mol. The highest BCUT2D eigenvalue weighted by molar-refractivity contribution is 6.76.